The summed E-state index contributed by atoms with van der Waals surface area (Å²) in [6.45, 7) is 2.50. The molecule has 0 aromatic heterocycles. The molecule has 3 nitrogen and oxygen atoms in total. The second-order valence-corrected chi connectivity index (χ2v) is 2.42. The molecule has 12 heavy (non-hydrogen) atoms. The molecule has 0 aliphatic rings. The number of carbonyl (C=O) groups is 1. The molecule has 0 unspecified atom stereocenters. The van der Waals surface area contributed by atoms with Gasteiger partial charge in [-0.05, 0) is 32.1 Å². The minimum atomic E-state index is -0.221. The lowest BCUT2D eigenvalue weighted by molar-refractivity contribution is -0.115. The van der Waals surface area contributed by atoms with Gasteiger partial charge in [0.2, 0.25) is 0 Å². The molecule has 0 spiro atoms. The van der Waals surface area contributed by atoms with Crippen LogP contribution in [0, 0.1) is 11.8 Å². The Bertz CT molecular complexity index is 179. The molecule has 0 fully saturated rings. The summed E-state index contributed by atoms with van der Waals surface area (Å²) >= 11 is 0. The quantitative estimate of drug-likeness (QED) is 0.459. The molecule has 0 aromatic rings. The number of aliphatic hydroxyl groups is 1. The van der Waals surface area contributed by atoms with Gasteiger partial charge in [-0.25, -0.2) is 0 Å². The summed E-state index contributed by atoms with van der Waals surface area (Å²) in [6.07, 6.45) is 2.64. The van der Waals surface area contributed by atoms with E-state index in [1.54, 1.807) is 6.92 Å². The van der Waals surface area contributed by atoms with Crippen molar-refractivity contribution in [3.63, 3.8) is 0 Å². The van der Waals surface area contributed by atoms with E-state index in [1.165, 1.54) is 0 Å². The Morgan fingerprint density at radius 2 is 2.17 bits per heavy atom. The standard InChI is InChI=1S/C9H15NO2/c1-2-6-9(12)10-7-4-3-5-8-11/h11H,3-5,7-8H2,1H3,(H,10,12). The number of aliphatic hydroxyl groups excluding tert-OH is 1. The molecular formula is C9H15NO2. The highest BCUT2D eigenvalue weighted by atomic mass is 16.2. The number of carbonyl (C=O) groups excluding carboxylic acids is 1. The van der Waals surface area contributed by atoms with Crippen LogP contribution in [0.4, 0.5) is 0 Å². The van der Waals surface area contributed by atoms with Crippen LogP contribution in [0.25, 0.3) is 0 Å². The number of hydrogen-bond donors (Lipinski definition) is 2. The Morgan fingerprint density at radius 3 is 2.75 bits per heavy atom. The van der Waals surface area contributed by atoms with Gasteiger partial charge in [0.05, 0.1) is 0 Å². The zero-order valence-corrected chi connectivity index (χ0v) is 7.39. The Labute approximate surface area is 73.2 Å². The molecule has 0 saturated heterocycles. The predicted octanol–water partition coefficient (Wildman–Crippen LogP) is 0.288. The molecule has 0 radical (unpaired) electrons. The zero-order valence-electron chi connectivity index (χ0n) is 7.39. The SMILES string of the molecule is CC#CC(=O)NCCCCCO. The summed E-state index contributed by atoms with van der Waals surface area (Å²) in [5.41, 5.74) is 0. The number of amides is 1. The monoisotopic (exact) mass is 169 g/mol. The molecule has 0 rings (SSSR count). The van der Waals surface area contributed by atoms with E-state index in [0.29, 0.717) is 6.54 Å². The minimum absolute atomic E-state index is 0.221. The highest BCUT2D eigenvalue weighted by Crippen LogP contribution is 1.91. The van der Waals surface area contributed by atoms with Crippen molar-refractivity contribution in [2.24, 2.45) is 0 Å². The van der Waals surface area contributed by atoms with E-state index in [9.17, 15) is 4.79 Å². The molecular weight excluding hydrogens is 154 g/mol. The Hall–Kier alpha value is -1.01. The van der Waals surface area contributed by atoms with Crippen molar-refractivity contribution in [2.75, 3.05) is 13.2 Å². The van der Waals surface area contributed by atoms with Gasteiger partial charge in [-0.2, -0.15) is 0 Å². The third-order valence-electron chi connectivity index (χ3n) is 1.36. The van der Waals surface area contributed by atoms with Gasteiger partial charge in [-0.1, -0.05) is 5.92 Å². The average molecular weight is 169 g/mol. The van der Waals surface area contributed by atoms with Gasteiger partial charge in [0.25, 0.3) is 5.91 Å². The van der Waals surface area contributed by atoms with Crippen molar-refractivity contribution in [3.8, 4) is 11.8 Å². The first-order valence-corrected chi connectivity index (χ1v) is 4.12. The molecule has 0 aliphatic heterocycles. The van der Waals surface area contributed by atoms with Crippen LogP contribution in [0.5, 0.6) is 0 Å². The van der Waals surface area contributed by atoms with Crippen LogP contribution < -0.4 is 5.32 Å². The van der Waals surface area contributed by atoms with Crippen LogP contribution in [-0.2, 0) is 4.79 Å². The maximum Gasteiger partial charge on any atom is 0.295 e. The van der Waals surface area contributed by atoms with Gasteiger partial charge in [-0.3, -0.25) is 4.79 Å². The van der Waals surface area contributed by atoms with Crippen molar-refractivity contribution in [2.45, 2.75) is 26.2 Å². The molecule has 0 bridgehead atoms. The van der Waals surface area contributed by atoms with E-state index in [1.807, 2.05) is 0 Å². The van der Waals surface area contributed by atoms with Gasteiger partial charge in [-0.15, -0.1) is 0 Å². The zero-order chi connectivity index (χ0) is 9.23. The van der Waals surface area contributed by atoms with Crippen molar-refractivity contribution in [1.82, 2.24) is 5.32 Å². The summed E-state index contributed by atoms with van der Waals surface area (Å²) in [5.74, 6) is 4.68. The van der Waals surface area contributed by atoms with Crippen LogP contribution in [-0.4, -0.2) is 24.2 Å². The van der Waals surface area contributed by atoms with Gasteiger partial charge >= 0.3 is 0 Å². The Morgan fingerprint density at radius 1 is 1.42 bits per heavy atom. The lowest BCUT2D eigenvalue weighted by Gasteiger charge is -1.99. The van der Waals surface area contributed by atoms with E-state index in [-0.39, 0.29) is 12.5 Å². The highest BCUT2D eigenvalue weighted by molar-refractivity contribution is 5.93. The lowest BCUT2D eigenvalue weighted by atomic mass is 10.2. The lowest BCUT2D eigenvalue weighted by Crippen LogP contribution is -2.22. The number of nitrogens with one attached hydrogen (secondary N) is 1. The summed E-state index contributed by atoms with van der Waals surface area (Å²) in [7, 11) is 0. The van der Waals surface area contributed by atoms with E-state index >= 15 is 0 Å². The minimum Gasteiger partial charge on any atom is -0.396 e. The fraction of sp³-hybridized carbons (Fsp3) is 0.667. The molecule has 0 heterocycles. The maximum atomic E-state index is 10.7. The highest BCUT2D eigenvalue weighted by Gasteiger charge is 1.92. The van der Waals surface area contributed by atoms with E-state index in [0.717, 1.165) is 19.3 Å². The molecule has 0 saturated carbocycles. The van der Waals surface area contributed by atoms with Gasteiger partial charge in [0.1, 0.15) is 0 Å². The van der Waals surface area contributed by atoms with E-state index in [4.69, 9.17) is 5.11 Å². The van der Waals surface area contributed by atoms with Crippen LogP contribution in [0.15, 0.2) is 0 Å². The smallest absolute Gasteiger partial charge is 0.295 e. The topological polar surface area (TPSA) is 49.3 Å². The van der Waals surface area contributed by atoms with Crippen LogP contribution >= 0.6 is 0 Å². The van der Waals surface area contributed by atoms with E-state index < -0.39 is 0 Å². The maximum absolute atomic E-state index is 10.7. The van der Waals surface area contributed by atoms with Crippen molar-refractivity contribution >= 4 is 5.91 Å². The fourth-order valence-corrected chi connectivity index (χ4v) is 0.773. The number of unbranched alkanes of at least 4 members (excludes halogenated alkanes) is 2. The summed E-state index contributed by atoms with van der Waals surface area (Å²) in [5, 5.41) is 11.1. The van der Waals surface area contributed by atoms with Crippen molar-refractivity contribution in [1.29, 1.82) is 0 Å². The summed E-state index contributed by atoms with van der Waals surface area (Å²) in [6, 6.07) is 0. The predicted molar refractivity (Wildman–Crippen MR) is 47.4 cm³/mol. The van der Waals surface area contributed by atoms with Gasteiger partial charge < -0.3 is 10.4 Å². The molecule has 3 heteroatoms. The Balaban J connectivity index is 3.18. The second-order valence-electron chi connectivity index (χ2n) is 2.42. The summed E-state index contributed by atoms with van der Waals surface area (Å²) < 4.78 is 0. The fourth-order valence-electron chi connectivity index (χ4n) is 0.773. The van der Waals surface area contributed by atoms with Gasteiger partial charge in [0.15, 0.2) is 0 Å². The molecule has 0 aliphatic carbocycles. The third-order valence-corrected chi connectivity index (χ3v) is 1.36. The van der Waals surface area contributed by atoms with Gasteiger partial charge in [0, 0.05) is 13.2 Å². The normalized spacial score (nSPS) is 8.50. The van der Waals surface area contributed by atoms with E-state index in [2.05, 4.69) is 17.2 Å². The molecule has 2 N–H and O–H groups in total. The molecule has 68 valence electrons. The molecule has 0 aromatic carbocycles. The largest absolute Gasteiger partial charge is 0.396 e. The second kappa shape index (κ2) is 8.09. The summed E-state index contributed by atoms with van der Waals surface area (Å²) in [4.78, 5) is 10.7. The molecule has 0 atom stereocenters. The Kier molecular flexibility index (Phi) is 7.41. The van der Waals surface area contributed by atoms with Crippen LogP contribution in [0.1, 0.15) is 26.2 Å². The van der Waals surface area contributed by atoms with Crippen molar-refractivity contribution in [3.05, 3.63) is 0 Å². The average Bonchev–Trinajstić information content (AvgIpc) is 2.05. The van der Waals surface area contributed by atoms with Crippen molar-refractivity contribution < 1.29 is 9.90 Å². The first-order valence-electron chi connectivity index (χ1n) is 4.12. The number of rotatable bonds is 5. The van der Waals surface area contributed by atoms with Crippen LogP contribution in [0.3, 0.4) is 0 Å². The van der Waals surface area contributed by atoms with Crippen LogP contribution in [0.2, 0.25) is 0 Å². The third kappa shape index (κ3) is 7.10. The first-order chi connectivity index (χ1) is 5.81. The first kappa shape index (κ1) is 11.0. The number of hydrogen-bond acceptors (Lipinski definition) is 2. The molecule has 1 amide bonds.